The number of morpholine rings is 1. The van der Waals surface area contributed by atoms with Crippen LogP contribution in [-0.4, -0.2) is 55.2 Å². The molecule has 5 nitrogen and oxygen atoms in total. The summed E-state index contributed by atoms with van der Waals surface area (Å²) < 4.78 is 86.7. The highest BCUT2D eigenvalue weighted by atomic mass is 32.1. The van der Waals surface area contributed by atoms with Crippen molar-refractivity contribution in [3.8, 4) is 0 Å². The van der Waals surface area contributed by atoms with E-state index >= 15 is 0 Å². The van der Waals surface area contributed by atoms with Crippen LogP contribution >= 0.6 is 11.3 Å². The van der Waals surface area contributed by atoms with E-state index in [1.807, 2.05) is 26.0 Å². The summed E-state index contributed by atoms with van der Waals surface area (Å²) in [6.45, 7) is 7.04. The monoisotopic (exact) mass is 545 g/mol. The number of fused-ring (bicyclic) bond motifs is 1. The molecule has 200 valence electrons. The molecule has 2 aromatic carbocycles. The minimum Gasteiger partial charge on any atom is -0.379 e. The van der Waals surface area contributed by atoms with Gasteiger partial charge < -0.3 is 4.74 Å². The maximum absolute atomic E-state index is 13.5. The Labute approximate surface area is 213 Å². The van der Waals surface area contributed by atoms with Crippen molar-refractivity contribution >= 4 is 32.6 Å². The fourth-order valence-corrected chi connectivity index (χ4v) is 5.15. The summed E-state index contributed by atoms with van der Waals surface area (Å²) in [5.74, 6) is -0.967. The number of nitrogens with zero attached hydrogens (tertiary/aromatic N) is 3. The molecule has 3 aromatic rings. The van der Waals surface area contributed by atoms with Crippen molar-refractivity contribution in [2.45, 2.75) is 32.6 Å². The summed E-state index contributed by atoms with van der Waals surface area (Å²) in [6.07, 6.45) is -9.66. The third-order valence-corrected chi connectivity index (χ3v) is 7.30. The summed E-state index contributed by atoms with van der Waals surface area (Å²) in [4.78, 5) is 21.3. The van der Waals surface area contributed by atoms with Crippen molar-refractivity contribution < 1.29 is 35.9 Å². The highest BCUT2D eigenvalue weighted by Gasteiger charge is 2.38. The van der Waals surface area contributed by atoms with Gasteiger partial charge in [-0.2, -0.15) is 26.3 Å². The fraction of sp³-hybridized carbons (Fsp3) is 0.440. The van der Waals surface area contributed by atoms with Crippen molar-refractivity contribution in [1.29, 1.82) is 0 Å². The number of aryl methyl sites for hydroxylation is 2. The molecular formula is C25H25F6N3O2S. The molecular weight excluding hydrogens is 520 g/mol. The Morgan fingerprint density at radius 2 is 1.57 bits per heavy atom. The maximum Gasteiger partial charge on any atom is 0.416 e. The van der Waals surface area contributed by atoms with E-state index in [1.54, 1.807) is 0 Å². The van der Waals surface area contributed by atoms with Crippen LogP contribution in [0.4, 0.5) is 31.5 Å². The van der Waals surface area contributed by atoms with Gasteiger partial charge in [0, 0.05) is 31.7 Å². The summed E-state index contributed by atoms with van der Waals surface area (Å²) in [5.41, 5.74) is -1.18. The molecule has 12 heteroatoms. The van der Waals surface area contributed by atoms with Crippen LogP contribution in [0.3, 0.4) is 0 Å². The molecule has 0 bridgehead atoms. The lowest BCUT2D eigenvalue weighted by molar-refractivity contribution is -0.143. The number of hydrogen-bond acceptors (Lipinski definition) is 5. The summed E-state index contributed by atoms with van der Waals surface area (Å²) in [7, 11) is 0. The first-order valence-corrected chi connectivity index (χ1v) is 12.4. The molecule has 1 fully saturated rings. The molecule has 0 atom stereocenters. The van der Waals surface area contributed by atoms with E-state index in [2.05, 4.69) is 9.88 Å². The molecule has 0 aliphatic carbocycles. The number of ether oxygens (including phenoxy) is 1. The van der Waals surface area contributed by atoms with Gasteiger partial charge in [-0.25, -0.2) is 4.98 Å². The predicted octanol–water partition coefficient (Wildman–Crippen LogP) is 6.32. The van der Waals surface area contributed by atoms with Gasteiger partial charge in [-0.1, -0.05) is 11.3 Å². The number of alkyl halides is 6. The normalized spacial score (nSPS) is 15.4. The number of carbonyl (C=O) groups excluding carboxylic acids is 1. The number of anilines is 1. The van der Waals surface area contributed by atoms with Gasteiger partial charge in [0.15, 0.2) is 5.13 Å². The second kappa shape index (κ2) is 10.6. The molecule has 1 amide bonds. The highest BCUT2D eigenvalue weighted by Crippen LogP contribution is 2.37. The average Bonchev–Trinajstić information content (AvgIpc) is 3.23. The van der Waals surface area contributed by atoms with Crippen LogP contribution in [0.2, 0.25) is 0 Å². The third kappa shape index (κ3) is 6.42. The number of carbonyl (C=O) groups is 1. The Morgan fingerprint density at radius 3 is 2.16 bits per heavy atom. The fourth-order valence-electron chi connectivity index (χ4n) is 4.08. The zero-order valence-corrected chi connectivity index (χ0v) is 21.0. The van der Waals surface area contributed by atoms with E-state index in [1.165, 1.54) is 16.2 Å². The number of hydrogen-bond donors (Lipinski definition) is 0. The van der Waals surface area contributed by atoms with Gasteiger partial charge in [0.25, 0.3) is 5.91 Å². The Hall–Kier alpha value is -2.70. The number of rotatable bonds is 6. The van der Waals surface area contributed by atoms with Crippen LogP contribution in [0.5, 0.6) is 0 Å². The average molecular weight is 546 g/mol. The molecule has 4 rings (SSSR count). The molecule has 1 aliphatic heterocycles. The van der Waals surface area contributed by atoms with Crippen LogP contribution in [-0.2, 0) is 17.1 Å². The molecule has 0 unspecified atom stereocenters. The lowest BCUT2D eigenvalue weighted by atomic mass is 10.0. The lowest BCUT2D eigenvalue weighted by Crippen LogP contribution is -2.39. The Kier molecular flexibility index (Phi) is 7.82. The second-order valence-corrected chi connectivity index (χ2v) is 9.97. The molecule has 1 aromatic heterocycles. The van der Waals surface area contributed by atoms with Crippen LogP contribution in [0.1, 0.15) is 39.0 Å². The predicted molar refractivity (Wildman–Crippen MR) is 129 cm³/mol. The first-order valence-electron chi connectivity index (χ1n) is 11.6. The van der Waals surface area contributed by atoms with Gasteiger partial charge in [0.05, 0.1) is 34.6 Å². The number of benzene rings is 2. The van der Waals surface area contributed by atoms with E-state index < -0.39 is 35.0 Å². The molecule has 0 N–H and O–H groups in total. The van der Waals surface area contributed by atoms with Crippen LogP contribution in [0, 0.1) is 13.8 Å². The summed E-state index contributed by atoms with van der Waals surface area (Å²) in [6, 6.07) is 4.69. The first-order chi connectivity index (χ1) is 17.3. The maximum atomic E-state index is 13.5. The SMILES string of the molecule is Cc1cc2nc(N(CCCN3CCOCC3)C(=O)c3cc(C(F)(F)F)cc(C(F)(F)F)c3)sc2cc1C. The zero-order chi connectivity index (χ0) is 27.0. The molecule has 1 saturated heterocycles. The number of amides is 1. The van der Waals surface area contributed by atoms with Gasteiger partial charge in [-0.3, -0.25) is 14.6 Å². The van der Waals surface area contributed by atoms with E-state index in [4.69, 9.17) is 4.74 Å². The zero-order valence-electron chi connectivity index (χ0n) is 20.2. The van der Waals surface area contributed by atoms with Crippen LogP contribution in [0.25, 0.3) is 10.2 Å². The smallest absolute Gasteiger partial charge is 0.379 e. The van der Waals surface area contributed by atoms with Crippen LogP contribution < -0.4 is 4.90 Å². The lowest BCUT2D eigenvalue weighted by Gasteiger charge is -2.28. The van der Waals surface area contributed by atoms with Gasteiger partial charge in [0.2, 0.25) is 0 Å². The topological polar surface area (TPSA) is 45.7 Å². The number of thiazole rings is 1. The van der Waals surface area contributed by atoms with E-state index in [0.717, 1.165) is 15.8 Å². The van der Waals surface area contributed by atoms with E-state index in [9.17, 15) is 31.1 Å². The largest absolute Gasteiger partial charge is 0.416 e. The first kappa shape index (κ1) is 27.3. The molecule has 37 heavy (non-hydrogen) atoms. The van der Waals surface area contributed by atoms with Crippen molar-refractivity contribution in [3.63, 3.8) is 0 Å². The van der Waals surface area contributed by atoms with Gasteiger partial charge >= 0.3 is 12.4 Å². The Morgan fingerprint density at radius 1 is 0.973 bits per heavy atom. The highest BCUT2D eigenvalue weighted by molar-refractivity contribution is 7.22. The van der Waals surface area contributed by atoms with Crippen LogP contribution in [0.15, 0.2) is 30.3 Å². The Bertz CT molecular complexity index is 1210. The van der Waals surface area contributed by atoms with Gasteiger partial charge in [0.1, 0.15) is 0 Å². The summed E-state index contributed by atoms with van der Waals surface area (Å²) in [5, 5.41) is 0.220. The quantitative estimate of drug-likeness (QED) is 0.340. The number of aromatic nitrogens is 1. The van der Waals surface area contributed by atoms with Crippen molar-refractivity contribution in [3.05, 3.63) is 58.1 Å². The van der Waals surface area contributed by atoms with Crippen molar-refractivity contribution in [2.75, 3.05) is 44.3 Å². The molecule has 0 spiro atoms. The minimum absolute atomic E-state index is 0.0167. The second-order valence-electron chi connectivity index (χ2n) is 8.96. The molecule has 0 radical (unpaired) electrons. The molecule has 0 saturated carbocycles. The van der Waals surface area contributed by atoms with E-state index in [-0.39, 0.29) is 17.7 Å². The van der Waals surface area contributed by atoms with Gasteiger partial charge in [-0.05, 0) is 61.7 Å². The molecule has 1 aliphatic rings. The Balaban J connectivity index is 1.72. The van der Waals surface area contributed by atoms with E-state index in [0.29, 0.717) is 56.9 Å². The van der Waals surface area contributed by atoms with Gasteiger partial charge in [-0.15, -0.1) is 0 Å². The number of halogens is 6. The third-order valence-electron chi connectivity index (χ3n) is 6.26. The van der Waals surface area contributed by atoms with Crippen molar-refractivity contribution in [1.82, 2.24) is 9.88 Å². The standard InChI is InChI=1S/C25H25F6N3O2S/c1-15-10-20-21(11-16(15)2)37-23(32-20)34(5-3-4-33-6-8-36-9-7-33)22(35)17-12-18(24(26,27)28)14-19(13-17)25(29,30)31/h10-14H,3-9H2,1-2H3. The summed E-state index contributed by atoms with van der Waals surface area (Å²) >= 11 is 1.17. The molecule has 2 heterocycles. The van der Waals surface area contributed by atoms with Crippen molar-refractivity contribution in [2.24, 2.45) is 0 Å². The minimum atomic E-state index is -5.05.